The van der Waals surface area contributed by atoms with E-state index >= 15 is 0 Å². The molecular formula is C6H11N3O. The van der Waals surface area contributed by atoms with Crippen molar-refractivity contribution in [3.05, 3.63) is 0 Å². The molecule has 3 unspecified atom stereocenters. The van der Waals surface area contributed by atoms with Crippen LogP contribution in [-0.4, -0.2) is 30.8 Å². The molecule has 56 valence electrons. The van der Waals surface area contributed by atoms with Crippen LogP contribution in [0.4, 0.5) is 0 Å². The molecule has 0 spiro atoms. The second-order valence-corrected chi connectivity index (χ2v) is 2.79. The molecule has 0 amide bonds. The third-order valence-electron chi connectivity index (χ3n) is 2.05. The number of nitrogens with one attached hydrogen (secondary N) is 1. The van der Waals surface area contributed by atoms with Crippen LogP contribution in [0.2, 0.25) is 0 Å². The van der Waals surface area contributed by atoms with Crippen LogP contribution in [0.5, 0.6) is 0 Å². The summed E-state index contributed by atoms with van der Waals surface area (Å²) in [7, 11) is 0. The molecule has 3 N–H and O–H groups in total. The number of fused-ring (bicyclic) bond motifs is 1. The van der Waals surface area contributed by atoms with Crippen molar-refractivity contribution in [2.75, 3.05) is 6.61 Å². The van der Waals surface area contributed by atoms with Gasteiger partial charge in [-0.3, -0.25) is 0 Å². The summed E-state index contributed by atoms with van der Waals surface area (Å²) in [6, 6.07) is 0.579. The standard InChI is InChI=1S/C6H11N3O/c1-3-5-4(2-10-3)8-6(7)9-5/h3-5H,2H2,1H3,(H3,7,8,9). The Hall–Kier alpha value is -0.770. The Kier molecular flexibility index (Phi) is 1.11. The summed E-state index contributed by atoms with van der Waals surface area (Å²) < 4.78 is 5.34. The van der Waals surface area contributed by atoms with Crippen molar-refractivity contribution < 1.29 is 4.74 Å². The Morgan fingerprint density at radius 3 is 3.30 bits per heavy atom. The summed E-state index contributed by atoms with van der Waals surface area (Å²) in [5.41, 5.74) is 5.47. The molecule has 0 aromatic rings. The summed E-state index contributed by atoms with van der Waals surface area (Å²) in [6.45, 7) is 2.75. The third kappa shape index (κ3) is 0.686. The number of nitrogens with two attached hydrogens (primary N) is 1. The lowest BCUT2D eigenvalue weighted by Gasteiger charge is -2.06. The van der Waals surface area contributed by atoms with Crippen LogP contribution in [0.15, 0.2) is 4.99 Å². The maximum absolute atomic E-state index is 5.47. The van der Waals surface area contributed by atoms with Gasteiger partial charge in [-0.05, 0) is 6.92 Å². The SMILES string of the molecule is CC1OCC2NC(N)=NC21. The topological polar surface area (TPSA) is 59.6 Å². The molecule has 2 aliphatic heterocycles. The quantitative estimate of drug-likeness (QED) is 0.457. The van der Waals surface area contributed by atoms with Crippen LogP contribution in [0.25, 0.3) is 0 Å². The molecule has 10 heavy (non-hydrogen) atoms. The predicted octanol–water partition coefficient (Wildman–Crippen LogP) is -0.940. The van der Waals surface area contributed by atoms with Gasteiger partial charge in [-0.15, -0.1) is 0 Å². The molecule has 2 rings (SSSR count). The van der Waals surface area contributed by atoms with Gasteiger partial charge in [-0.2, -0.15) is 0 Å². The van der Waals surface area contributed by atoms with Gasteiger partial charge in [0.05, 0.1) is 18.8 Å². The molecule has 0 aromatic heterocycles. The second-order valence-electron chi connectivity index (χ2n) is 2.79. The van der Waals surface area contributed by atoms with Crippen LogP contribution in [0.1, 0.15) is 6.92 Å². The van der Waals surface area contributed by atoms with Crippen molar-refractivity contribution in [3.63, 3.8) is 0 Å². The van der Waals surface area contributed by atoms with Gasteiger partial charge in [0.15, 0.2) is 5.96 Å². The highest BCUT2D eigenvalue weighted by Gasteiger charge is 2.38. The lowest BCUT2D eigenvalue weighted by atomic mass is 10.1. The largest absolute Gasteiger partial charge is 0.374 e. The highest BCUT2D eigenvalue weighted by atomic mass is 16.5. The van der Waals surface area contributed by atoms with E-state index in [2.05, 4.69) is 10.3 Å². The van der Waals surface area contributed by atoms with Crippen molar-refractivity contribution in [1.29, 1.82) is 0 Å². The number of rotatable bonds is 0. The predicted molar refractivity (Wildman–Crippen MR) is 37.7 cm³/mol. The van der Waals surface area contributed by atoms with Crippen molar-refractivity contribution in [2.45, 2.75) is 25.1 Å². The normalized spacial score (nSPS) is 44.5. The summed E-state index contributed by atoms with van der Waals surface area (Å²) >= 11 is 0. The molecule has 0 aliphatic carbocycles. The van der Waals surface area contributed by atoms with E-state index in [4.69, 9.17) is 10.5 Å². The zero-order valence-electron chi connectivity index (χ0n) is 5.87. The molecule has 1 saturated heterocycles. The van der Waals surface area contributed by atoms with Crippen LogP contribution in [0.3, 0.4) is 0 Å². The van der Waals surface area contributed by atoms with Crippen molar-refractivity contribution in [1.82, 2.24) is 5.32 Å². The van der Waals surface area contributed by atoms with E-state index in [1.807, 2.05) is 6.92 Å². The highest BCUT2D eigenvalue weighted by Crippen LogP contribution is 2.20. The van der Waals surface area contributed by atoms with Crippen LogP contribution >= 0.6 is 0 Å². The maximum atomic E-state index is 5.47. The van der Waals surface area contributed by atoms with Crippen molar-refractivity contribution >= 4 is 5.96 Å². The first kappa shape index (κ1) is 5.97. The average Bonchev–Trinajstić information content (AvgIpc) is 2.35. The smallest absolute Gasteiger partial charge is 0.189 e. The van der Waals surface area contributed by atoms with E-state index in [1.165, 1.54) is 0 Å². The molecule has 2 aliphatic rings. The Balaban J connectivity index is 2.16. The van der Waals surface area contributed by atoms with Crippen LogP contribution < -0.4 is 11.1 Å². The fourth-order valence-corrected chi connectivity index (χ4v) is 1.49. The van der Waals surface area contributed by atoms with E-state index in [0.29, 0.717) is 12.0 Å². The van der Waals surface area contributed by atoms with Gasteiger partial charge in [-0.25, -0.2) is 4.99 Å². The Morgan fingerprint density at radius 2 is 2.60 bits per heavy atom. The zero-order valence-corrected chi connectivity index (χ0v) is 5.87. The van der Waals surface area contributed by atoms with E-state index in [1.54, 1.807) is 0 Å². The van der Waals surface area contributed by atoms with Gasteiger partial charge in [0.25, 0.3) is 0 Å². The number of hydrogen-bond donors (Lipinski definition) is 2. The fraction of sp³-hybridized carbons (Fsp3) is 0.833. The second kappa shape index (κ2) is 1.85. The molecule has 3 atom stereocenters. The summed E-state index contributed by atoms with van der Waals surface area (Å²) in [6.07, 6.45) is 0.221. The number of ether oxygens (including phenoxy) is 1. The van der Waals surface area contributed by atoms with Crippen molar-refractivity contribution in [2.24, 2.45) is 10.7 Å². The van der Waals surface area contributed by atoms with Crippen molar-refractivity contribution in [3.8, 4) is 0 Å². The van der Waals surface area contributed by atoms with Gasteiger partial charge in [0.1, 0.15) is 6.04 Å². The number of nitrogens with zero attached hydrogens (tertiary/aromatic N) is 1. The van der Waals surface area contributed by atoms with E-state index in [0.717, 1.165) is 6.61 Å². The Labute approximate surface area is 59.5 Å². The lowest BCUT2D eigenvalue weighted by Crippen LogP contribution is -2.37. The molecule has 0 aromatic carbocycles. The van der Waals surface area contributed by atoms with Crippen LogP contribution in [-0.2, 0) is 4.74 Å². The highest BCUT2D eigenvalue weighted by molar-refractivity contribution is 5.80. The van der Waals surface area contributed by atoms with Crippen LogP contribution in [0, 0.1) is 0 Å². The summed E-state index contributed by atoms with van der Waals surface area (Å²) in [5.74, 6) is 0.560. The van der Waals surface area contributed by atoms with Gasteiger partial charge < -0.3 is 15.8 Å². The lowest BCUT2D eigenvalue weighted by molar-refractivity contribution is 0.116. The first-order valence-electron chi connectivity index (χ1n) is 3.49. The molecule has 4 nitrogen and oxygen atoms in total. The monoisotopic (exact) mass is 141 g/mol. The first-order chi connectivity index (χ1) is 4.77. The summed E-state index contributed by atoms with van der Waals surface area (Å²) in [4.78, 5) is 4.19. The molecule has 0 saturated carbocycles. The average molecular weight is 141 g/mol. The van der Waals surface area contributed by atoms with Gasteiger partial charge in [0.2, 0.25) is 0 Å². The fourth-order valence-electron chi connectivity index (χ4n) is 1.49. The Morgan fingerprint density at radius 1 is 1.80 bits per heavy atom. The van der Waals surface area contributed by atoms with Gasteiger partial charge >= 0.3 is 0 Å². The minimum Gasteiger partial charge on any atom is -0.374 e. The molecule has 2 heterocycles. The van der Waals surface area contributed by atoms with E-state index < -0.39 is 0 Å². The molecule has 0 bridgehead atoms. The molecule has 0 radical (unpaired) electrons. The van der Waals surface area contributed by atoms with Gasteiger partial charge in [0, 0.05) is 0 Å². The van der Waals surface area contributed by atoms with E-state index in [-0.39, 0.29) is 12.1 Å². The third-order valence-corrected chi connectivity index (χ3v) is 2.05. The van der Waals surface area contributed by atoms with E-state index in [9.17, 15) is 0 Å². The summed E-state index contributed by atoms with van der Waals surface area (Å²) in [5, 5.41) is 3.05. The minimum absolute atomic E-state index is 0.221. The first-order valence-corrected chi connectivity index (χ1v) is 3.49. The maximum Gasteiger partial charge on any atom is 0.189 e. The molecular weight excluding hydrogens is 130 g/mol. The minimum atomic E-state index is 0.221. The number of aliphatic imine (C=N–C) groups is 1. The number of hydrogen-bond acceptors (Lipinski definition) is 4. The van der Waals surface area contributed by atoms with Gasteiger partial charge in [-0.1, -0.05) is 0 Å². The molecule has 4 heteroatoms. The number of guanidine groups is 1. The molecule has 1 fully saturated rings. The Bertz CT molecular complexity index is 180. The zero-order chi connectivity index (χ0) is 7.14.